The van der Waals surface area contributed by atoms with Gasteiger partial charge in [-0.25, -0.2) is 0 Å². The first-order valence-corrected chi connectivity index (χ1v) is 5.14. The predicted molar refractivity (Wildman–Crippen MR) is 39.2 cm³/mol. The second-order valence-corrected chi connectivity index (χ2v) is 4.13. The molecule has 1 unspecified atom stereocenters. The van der Waals surface area contributed by atoms with Crippen molar-refractivity contribution in [3.05, 3.63) is 0 Å². The zero-order valence-corrected chi connectivity index (χ0v) is 6.92. The van der Waals surface area contributed by atoms with Gasteiger partial charge < -0.3 is 20.6 Å². The highest BCUT2D eigenvalue weighted by atomic mass is 28.4. The molecule has 0 aliphatic rings. The van der Waals surface area contributed by atoms with Gasteiger partial charge in [-0.2, -0.15) is 0 Å². The quantitative estimate of drug-likeness (QED) is 0.454. The van der Waals surface area contributed by atoms with E-state index in [1.807, 2.05) is 13.8 Å². The van der Waals surface area contributed by atoms with Crippen LogP contribution in [0.5, 0.6) is 0 Å². The average Bonchev–Trinajstić information content (AvgIpc) is 1.62. The van der Waals surface area contributed by atoms with Crippen molar-refractivity contribution in [2.24, 2.45) is 16.2 Å². The van der Waals surface area contributed by atoms with Crippen molar-refractivity contribution < 1.29 is 4.43 Å². The Kier molecular flexibility index (Phi) is 3.30. The molecule has 0 amide bonds. The van der Waals surface area contributed by atoms with Crippen molar-refractivity contribution in [2.45, 2.75) is 26.4 Å². The highest BCUT2D eigenvalue weighted by Gasteiger charge is 2.21. The topological polar surface area (TPSA) is 87.3 Å². The van der Waals surface area contributed by atoms with Crippen molar-refractivity contribution in [3.63, 3.8) is 0 Å². The Bertz CT molecular complexity index is 82.4. The molecule has 0 aliphatic heterocycles. The van der Waals surface area contributed by atoms with E-state index < -0.39 is 8.80 Å². The fourth-order valence-electron chi connectivity index (χ4n) is 0.432. The molecule has 0 aromatic heterocycles. The largest absolute Gasteiger partial charge is 0.432 e. The lowest BCUT2D eigenvalue weighted by molar-refractivity contribution is 0.202. The fourth-order valence-corrected chi connectivity index (χ4v) is 1.30. The molecule has 56 valence electrons. The highest BCUT2D eigenvalue weighted by Crippen LogP contribution is 1.95. The smallest absolute Gasteiger partial charge is 0.378 e. The summed E-state index contributed by atoms with van der Waals surface area (Å²) in [5, 5.41) is 15.9. The van der Waals surface area contributed by atoms with E-state index in [0.29, 0.717) is 0 Å². The molecule has 0 rings (SSSR count). The van der Waals surface area contributed by atoms with E-state index in [2.05, 4.69) is 0 Å². The number of nitrogens with two attached hydrogens (primary N) is 3. The Morgan fingerprint density at radius 2 is 1.89 bits per heavy atom. The van der Waals surface area contributed by atoms with Gasteiger partial charge in [-0.1, -0.05) is 6.92 Å². The Hall–Kier alpha value is 0.0569. The van der Waals surface area contributed by atoms with Crippen LogP contribution in [-0.2, 0) is 4.43 Å². The molecule has 0 aliphatic carbocycles. The van der Waals surface area contributed by atoms with Gasteiger partial charge in [-0.3, -0.25) is 0 Å². The minimum Gasteiger partial charge on any atom is -0.378 e. The molecule has 5 heteroatoms. The first-order valence-electron chi connectivity index (χ1n) is 3.00. The van der Waals surface area contributed by atoms with Crippen molar-refractivity contribution in [3.8, 4) is 0 Å². The number of rotatable bonds is 3. The van der Waals surface area contributed by atoms with Crippen LogP contribution in [0.25, 0.3) is 0 Å². The van der Waals surface area contributed by atoms with Crippen molar-refractivity contribution in [1.29, 1.82) is 0 Å². The van der Waals surface area contributed by atoms with Crippen LogP contribution in [0, 0.1) is 0 Å². The zero-order valence-electron chi connectivity index (χ0n) is 5.92. The van der Waals surface area contributed by atoms with Gasteiger partial charge in [-0.15, -0.1) is 0 Å². The summed E-state index contributed by atoms with van der Waals surface area (Å²) in [6.45, 7) is 3.89. The van der Waals surface area contributed by atoms with Gasteiger partial charge >= 0.3 is 8.80 Å². The summed E-state index contributed by atoms with van der Waals surface area (Å²) < 4.78 is 5.06. The van der Waals surface area contributed by atoms with E-state index >= 15 is 0 Å². The molecule has 4 nitrogen and oxygen atoms in total. The van der Waals surface area contributed by atoms with Gasteiger partial charge in [-0.05, 0) is 13.3 Å². The standard InChI is InChI=1S/C4H15N3OSi/c1-3-4(2)8-9(5,6)7/h4H,3,5-7H2,1-2H3. The van der Waals surface area contributed by atoms with E-state index in [-0.39, 0.29) is 6.10 Å². The average molecular weight is 149 g/mol. The minimum absolute atomic E-state index is 0.0802. The summed E-state index contributed by atoms with van der Waals surface area (Å²) >= 11 is 0. The Morgan fingerprint density at radius 1 is 1.44 bits per heavy atom. The lowest BCUT2D eigenvalue weighted by atomic mass is 10.3. The maximum atomic E-state index is 5.28. The van der Waals surface area contributed by atoms with Crippen LogP contribution in [0.1, 0.15) is 20.3 Å². The molecule has 0 aromatic rings. The normalized spacial score (nSPS) is 15.7. The van der Waals surface area contributed by atoms with Crippen molar-refractivity contribution in [2.75, 3.05) is 0 Å². The SMILES string of the molecule is CCC(C)O[Si](N)(N)N. The Labute approximate surface area is 56.7 Å². The molecule has 0 heterocycles. The third-order valence-electron chi connectivity index (χ3n) is 0.980. The molecule has 1 atom stereocenters. The molecule has 0 saturated carbocycles. The van der Waals surface area contributed by atoms with Crippen LogP contribution in [0.15, 0.2) is 0 Å². The highest BCUT2D eigenvalue weighted by molar-refractivity contribution is 6.63. The van der Waals surface area contributed by atoms with E-state index in [9.17, 15) is 0 Å². The monoisotopic (exact) mass is 149 g/mol. The van der Waals surface area contributed by atoms with Crippen LogP contribution in [0.4, 0.5) is 0 Å². The van der Waals surface area contributed by atoms with E-state index in [1.165, 1.54) is 0 Å². The van der Waals surface area contributed by atoms with Gasteiger partial charge in [0.2, 0.25) is 0 Å². The Morgan fingerprint density at radius 3 is 2.00 bits per heavy atom. The van der Waals surface area contributed by atoms with E-state index in [0.717, 1.165) is 6.42 Å². The first kappa shape index (κ1) is 9.06. The maximum Gasteiger partial charge on any atom is 0.432 e. The molecule has 0 saturated heterocycles. The molecule has 0 spiro atoms. The first-order chi connectivity index (χ1) is 3.95. The summed E-state index contributed by atoms with van der Waals surface area (Å²) in [4.78, 5) is 0. The van der Waals surface area contributed by atoms with Crippen molar-refractivity contribution in [1.82, 2.24) is 0 Å². The third kappa shape index (κ3) is 5.94. The summed E-state index contributed by atoms with van der Waals surface area (Å²) in [5.41, 5.74) is 0. The summed E-state index contributed by atoms with van der Waals surface area (Å²) in [7, 11) is -2.74. The molecular weight excluding hydrogens is 134 g/mol. The number of hydrogen-bond donors (Lipinski definition) is 3. The van der Waals surface area contributed by atoms with E-state index in [1.54, 1.807) is 0 Å². The fraction of sp³-hybridized carbons (Fsp3) is 1.00. The van der Waals surface area contributed by atoms with Crippen molar-refractivity contribution >= 4 is 8.80 Å². The van der Waals surface area contributed by atoms with Crippen LogP contribution in [0.3, 0.4) is 0 Å². The minimum atomic E-state index is -2.74. The molecule has 0 fully saturated rings. The molecule has 0 radical (unpaired) electrons. The molecule has 6 N–H and O–H groups in total. The lowest BCUT2D eigenvalue weighted by Gasteiger charge is -2.19. The Balaban J connectivity index is 3.47. The van der Waals surface area contributed by atoms with Crippen LogP contribution >= 0.6 is 0 Å². The van der Waals surface area contributed by atoms with Gasteiger partial charge in [0, 0.05) is 6.10 Å². The second-order valence-electron chi connectivity index (χ2n) is 2.19. The second kappa shape index (κ2) is 3.28. The maximum absolute atomic E-state index is 5.28. The van der Waals surface area contributed by atoms with Gasteiger partial charge in [0.25, 0.3) is 0 Å². The van der Waals surface area contributed by atoms with Crippen LogP contribution in [-0.4, -0.2) is 14.9 Å². The molecule has 0 aromatic carbocycles. The lowest BCUT2D eigenvalue weighted by Crippen LogP contribution is -2.68. The molecule has 0 bridgehead atoms. The van der Waals surface area contributed by atoms with Crippen LogP contribution in [0.2, 0.25) is 0 Å². The summed E-state index contributed by atoms with van der Waals surface area (Å²) in [6, 6.07) is 0. The summed E-state index contributed by atoms with van der Waals surface area (Å²) in [6.07, 6.45) is 0.969. The van der Waals surface area contributed by atoms with Crippen LogP contribution < -0.4 is 16.2 Å². The predicted octanol–water partition coefficient (Wildman–Crippen LogP) is -0.887. The number of hydrogen-bond acceptors (Lipinski definition) is 4. The van der Waals surface area contributed by atoms with E-state index in [4.69, 9.17) is 20.6 Å². The summed E-state index contributed by atoms with van der Waals surface area (Å²) in [5.74, 6) is 0. The molecular formula is C4H15N3OSi. The zero-order chi connectivity index (χ0) is 7.49. The third-order valence-corrected chi connectivity index (χ3v) is 1.79. The van der Waals surface area contributed by atoms with Gasteiger partial charge in [0.15, 0.2) is 0 Å². The van der Waals surface area contributed by atoms with Gasteiger partial charge in [0.05, 0.1) is 0 Å². The molecule has 9 heavy (non-hydrogen) atoms. The van der Waals surface area contributed by atoms with Gasteiger partial charge in [0.1, 0.15) is 0 Å².